The lowest BCUT2D eigenvalue weighted by molar-refractivity contribution is -0.385. The maximum atomic E-state index is 12.6. The molecule has 1 heterocycles. The first-order chi connectivity index (χ1) is 16.7. The summed E-state index contributed by atoms with van der Waals surface area (Å²) in [5.74, 6) is -1.24. The van der Waals surface area contributed by atoms with Crippen molar-refractivity contribution in [3.63, 3.8) is 0 Å². The zero-order valence-electron chi connectivity index (χ0n) is 19.2. The van der Waals surface area contributed by atoms with Gasteiger partial charge in [-0.25, -0.2) is 4.79 Å². The van der Waals surface area contributed by atoms with Gasteiger partial charge in [-0.3, -0.25) is 25.0 Å². The Morgan fingerprint density at radius 1 is 0.971 bits per heavy atom. The highest BCUT2D eigenvalue weighted by molar-refractivity contribution is 5.96. The summed E-state index contributed by atoms with van der Waals surface area (Å²) in [7, 11) is 1.33. The van der Waals surface area contributed by atoms with Crippen LogP contribution >= 0.6 is 0 Å². The van der Waals surface area contributed by atoms with Gasteiger partial charge in [0.2, 0.25) is 0 Å². The molecule has 2 aromatic carbocycles. The zero-order valence-corrected chi connectivity index (χ0v) is 19.2. The fourth-order valence-electron chi connectivity index (χ4n) is 3.59. The molecule has 186 valence electrons. The normalized spacial score (nSPS) is 13.2. The highest BCUT2D eigenvalue weighted by Gasteiger charge is 2.28. The molecule has 1 aliphatic rings. The van der Waals surface area contributed by atoms with Gasteiger partial charge >= 0.3 is 5.97 Å². The van der Waals surface area contributed by atoms with Crippen molar-refractivity contribution in [2.24, 2.45) is 0 Å². The van der Waals surface area contributed by atoms with Crippen molar-refractivity contribution in [3.8, 4) is 11.5 Å². The molecular formula is C22H24N4O9. The van der Waals surface area contributed by atoms with E-state index >= 15 is 0 Å². The molecule has 0 atom stereocenters. The number of nitrogens with zero attached hydrogens (tertiary/aromatic N) is 4. The van der Waals surface area contributed by atoms with Crippen molar-refractivity contribution >= 4 is 28.9 Å². The highest BCUT2D eigenvalue weighted by atomic mass is 16.6. The second kappa shape index (κ2) is 11.1. The van der Waals surface area contributed by atoms with Crippen LogP contribution in [0.4, 0.5) is 17.1 Å². The Morgan fingerprint density at radius 2 is 1.63 bits per heavy atom. The van der Waals surface area contributed by atoms with E-state index in [1.807, 2.05) is 4.90 Å². The number of esters is 1. The fourth-order valence-corrected chi connectivity index (χ4v) is 3.59. The Balaban J connectivity index is 1.59. The van der Waals surface area contributed by atoms with E-state index in [1.165, 1.54) is 24.1 Å². The first-order valence-corrected chi connectivity index (χ1v) is 10.7. The van der Waals surface area contributed by atoms with Gasteiger partial charge in [0.1, 0.15) is 5.56 Å². The van der Waals surface area contributed by atoms with Gasteiger partial charge in [-0.15, -0.1) is 0 Å². The fraction of sp³-hybridized carbons (Fsp3) is 0.364. The molecule has 0 aromatic heterocycles. The first kappa shape index (κ1) is 25.2. The van der Waals surface area contributed by atoms with E-state index < -0.39 is 34.0 Å². The van der Waals surface area contributed by atoms with Crippen molar-refractivity contribution in [1.82, 2.24) is 4.90 Å². The van der Waals surface area contributed by atoms with Crippen molar-refractivity contribution in [3.05, 3.63) is 62.2 Å². The van der Waals surface area contributed by atoms with Crippen LogP contribution in [-0.4, -0.2) is 73.1 Å². The van der Waals surface area contributed by atoms with Crippen LogP contribution in [0.3, 0.4) is 0 Å². The Kier molecular flexibility index (Phi) is 8.02. The summed E-state index contributed by atoms with van der Waals surface area (Å²) in [6, 6.07) is 8.37. The molecule has 0 aliphatic carbocycles. The number of piperazine rings is 1. The number of nitro benzene ring substituents is 2. The third kappa shape index (κ3) is 5.93. The number of methoxy groups -OCH3 is 1. The highest BCUT2D eigenvalue weighted by Crippen LogP contribution is 2.35. The van der Waals surface area contributed by atoms with E-state index in [4.69, 9.17) is 14.2 Å². The molecule has 0 bridgehead atoms. The molecule has 3 rings (SSSR count). The average Bonchev–Trinajstić information content (AvgIpc) is 2.87. The van der Waals surface area contributed by atoms with Gasteiger partial charge in [0.05, 0.1) is 29.6 Å². The number of rotatable bonds is 9. The molecule has 1 amide bonds. The van der Waals surface area contributed by atoms with Crippen LogP contribution in [0, 0.1) is 20.2 Å². The minimum atomic E-state index is -1.03. The predicted molar refractivity (Wildman–Crippen MR) is 123 cm³/mol. The Hall–Kier alpha value is -4.42. The molecule has 0 N–H and O–H groups in total. The number of carbonyl (C=O) groups excluding carboxylic acids is 2. The van der Waals surface area contributed by atoms with Crippen LogP contribution in [0.25, 0.3) is 0 Å². The predicted octanol–water partition coefficient (Wildman–Crippen LogP) is 2.42. The topological polar surface area (TPSA) is 155 Å². The number of ether oxygens (including phenoxy) is 3. The molecular weight excluding hydrogens is 464 g/mol. The second-order valence-electron chi connectivity index (χ2n) is 7.43. The SMILES string of the molecule is CCOc1cc([N+](=O)[O-])c(C(=O)OCC(=O)N2CCN(c3ccc([N+](=O)[O-])cc3)CC2)cc1OC. The molecule has 0 spiro atoms. The molecule has 13 heteroatoms. The van der Waals surface area contributed by atoms with Crippen molar-refractivity contribution in [2.45, 2.75) is 6.92 Å². The minimum Gasteiger partial charge on any atom is -0.493 e. The van der Waals surface area contributed by atoms with Crippen molar-refractivity contribution in [2.75, 3.05) is 51.4 Å². The van der Waals surface area contributed by atoms with Crippen LogP contribution in [0.15, 0.2) is 36.4 Å². The van der Waals surface area contributed by atoms with Gasteiger partial charge in [-0.2, -0.15) is 0 Å². The van der Waals surface area contributed by atoms with E-state index in [1.54, 1.807) is 19.1 Å². The van der Waals surface area contributed by atoms with E-state index in [0.29, 0.717) is 26.2 Å². The van der Waals surface area contributed by atoms with Gasteiger partial charge < -0.3 is 24.0 Å². The van der Waals surface area contributed by atoms with Crippen molar-refractivity contribution in [1.29, 1.82) is 0 Å². The third-order valence-electron chi connectivity index (χ3n) is 5.38. The van der Waals surface area contributed by atoms with Crippen LogP contribution in [0.5, 0.6) is 11.5 Å². The number of anilines is 1. The van der Waals surface area contributed by atoms with E-state index in [-0.39, 0.29) is 29.4 Å². The molecule has 1 saturated heterocycles. The van der Waals surface area contributed by atoms with E-state index in [0.717, 1.165) is 17.8 Å². The number of nitro groups is 2. The third-order valence-corrected chi connectivity index (χ3v) is 5.38. The summed E-state index contributed by atoms with van der Waals surface area (Å²) in [4.78, 5) is 49.7. The molecule has 1 fully saturated rings. The lowest BCUT2D eigenvalue weighted by atomic mass is 10.1. The second-order valence-corrected chi connectivity index (χ2v) is 7.43. The Bertz CT molecular complexity index is 1110. The summed E-state index contributed by atoms with van der Waals surface area (Å²) in [6.07, 6.45) is 0. The molecule has 0 unspecified atom stereocenters. The molecule has 35 heavy (non-hydrogen) atoms. The molecule has 1 aliphatic heterocycles. The number of non-ortho nitro benzene ring substituents is 1. The first-order valence-electron chi connectivity index (χ1n) is 10.7. The van der Waals surface area contributed by atoms with Gasteiger partial charge in [0.25, 0.3) is 17.3 Å². The van der Waals surface area contributed by atoms with Crippen molar-refractivity contribution < 1.29 is 33.6 Å². The van der Waals surface area contributed by atoms with E-state index in [9.17, 15) is 29.8 Å². The molecule has 13 nitrogen and oxygen atoms in total. The van der Waals surface area contributed by atoms with Gasteiger partial charge in [0, 0.05) is 50.1 Å². The maximum Gasteiger partial charge on any atom is 0.345 e. The Labute approximate surface area is 200 Å². The summed E-state index contributed by atoms with van der Waals surface area (Å²) >= 11 is 0. The van der Waals surface area contributed by atoms with Crippen LogP contribution in [-0.2, 0) is 9.53 Å². The maximum absolute atomic E-state index is 12.6. The number of hydrogen-bond donors (Lipinski definition) is 0. The largest absolute Gasteiger partial charge is 0.493 e. The summed E-state index contributed by atoms with van der Waals surface area (Å²) < 4.78 is 15.5. The van der Waals surface area contributed by atoms with E-state index in [2.05, 4.69) is 0 Å². The molecule has 2 aromatic rings. The number of hydrogen-bond acceptors (Lipinski definition) is 10. The van der Waals surface area contributed by atoms with Crippen LogP contribution < -0.4 is 14.4 Å². The molecule has 0 saturated carbocycles. The zero-order chi connectivity index (χ0) is 25.5. The van der Waals surface area contributed by atoms with Gasteiger partial charge in [0.15, 0.2) is 18.1 Å². The number of carbonyl (C=O) groups is 2. The van der Waals surface area contributed by atoms with Crippen LogP contribution in [0.2, 0.25) is 0 Å². The summed E-state index contributed by atoms with van der Waals surface area (Å²) in [6.45, 7) is 3.03. The van der Waals surface area contributed by atoms with Gasteiger partial charge in [-0.05, 0) is 19.1 Å². The average molecular weight is 488 g/mol. The lowest BCUT2D eigenvalue weighted by Crippen LogP contribution is -2.49. The lowest BCUT2D eigenvalue weighted by Gasteiger charge is -2.36. The van der Waals surface area contributed by atoms with Crippen LogP contribution in [0.1, 0.15) is 17.3 Å². The quantitative estimate of drug-likeness (QED) is 0.292. The standard InChI is InChI=1S/C22H24N4O9/c1-3-34-20-13-18(26(31)32)17(12-19(20)33-2)22(28)35-14-21(27)24-10-8-23(9-11-24)15-4-6-16(7-5-15)25(29)30/h4-7,12-13H,3,8-11,14H2,1-2H3. The smallest absolute Gasteiger partial charge is 0.345 e. The Morgan fingerprint density at radius 3 is 2.17 bits per heavy atom. The summed E-state index contributed by atoms with van der Waals surface area (Å²) in [5.41, 5.74) is -0.0878. The summed E-state index contributed by atoms with van der Waals surface area (Å²) in [5, 5.41) is 22.3. The number of amides is 1. The monoisotopic (exact) mass is 488 g/mol. The van der Waals surface area contributed by atoms with Gasteiger partial charge in [-0.1, -0.05) is 0 Å². The minimum absolute atomic E-state index is 0.00485. The molecule has 0 radical (unpaired) electrons. The number of benzene rings is 2.